The second kappa shape index (κ2) is 7.64. The molecule has 0 saturated carbocycles. The van der Waals surface area contributed by atoms with E-state index < -0.39 is 5.54 Å². The van der Waals surface area contributed by atoms with Crippen LogP contribution in [0.25, 0.3) is 11.5 Å². The summed E-state index contributed by atoms with van der Waals surface area (Å²) in [6, 6.07) is 6.08. The lowest BCUT2D eigenvalue weighted by Gasteiger charge is -2.44. The summed E-state index contributed by atoms with van der Waals surface area (Å²) < 4.78 is 19.0. The number of β-amino-alcohol motifs (C(OH)–C–C–N with tert-alkyl or cyclic N) is 1. The van der Waals surface area contributed by atoms with Crippen molar-refractivity contribution in [3.8, 4) is 11.5 Å². The van der Waals surface area contributed by atoms with Crippen molar-refractivity contribution in [2.75, 3.05) is 26.2 Å². The molecule has 0 aliphatic carbocycles. The molecule has 0 radical (unpaired) electrons. The fraction of sp³-hybridized carbons (Fsp3) is 0.524. The first-order valence-electron chi connectivity index (χ1n) is 9.91. The quantitative estimate of drug-likeness (QED) is 0.854. The minimum atomic E-state index is -0.491. The Morgan fingerprint density at radius 2 is 1.93 bits per heavy atom. The predicted molar refractivity (Wildman–Crippen MR) is 102 cm³/mol. The van der Waals surface area contributed by atoms with E-state index in [0.717, 1.165) is 49.2 Å². The maximum atomic E-state index is 13.2. The molecule has 1 N–H and O–H groups in total. The number of likely N-dealkylation sites (tertiary alicyclic amines) is 2. The summed E-state index contributed by atoms with van der Waals surface area (Å²) in [6.45, 7) is 4.37. The molecule has 2 fully saturated rings. The number of hydrogen-bond donors (Lipinski definition) is 1. The number of aliphatic hydroxyl groups is 1. The molecule has 3 heterocycles. The van der Waals surface area contributed by atoms with E-state index in [1.165, 1.54) is 12.1 Å². The summed E-state index contributed by atoms with van der Waals surface area (Å²) in [5, 5.41) is 9.28. The van der Waals surface area contributed by atoms with Crippen LogP contribution in [-0.2, 0) is 11.3 Å². The van der Waals surface area contributed by atoms with Crippen molar-refractivity contribution >= 4 is 5.91 Å². The molecule has 1 spiro atoms. The van der Waals surface area contributed by atoms with Gasteiger partial charge in [0.2, 0.25) is 11.8 Å². The van der Waals surface area contributed by atoms with Crippen LogP contribution >= 0.6 is 0 Å². The van der Waals surface area contributed by atoms with Gasteiger partial charge >= 0.3 is 0 Å². The van der Waals surface area contributed by atoms with Crippen LogP contribution in [0.1, 0.15) is 37.1 Å². The Morgan fingerprint density at radius 1 is 1.21 bits per heavy atom. The van der Waals surface area contributed by atoms with E-state index in [1.54, 1.807) is 17.0 Å². The molecule has 1 aromatic carbocycles. The van der Waals surface area contributed by atoms with E-state index in [0.29, 0.717) is 25.5 Å². The number of aliphatic hydroxyl groups excluding tert-OH is 1. The van der Waals surface area contributed by atoms with Gasteiger partial charge in [-0.3, -0.25) is 9.69 Å². The zero-order valence-corrected chi connectivity index (χ0v) is 16.2. The van der Waals surface area contributed by atoms with Gasteiger partial charge in [0.05, 0.1) is 12.3 Å². The number of benzene rings is 1. The minimum Gasteiger partial charge on any atom is -0.441 e. The molecule has 2 aliphatic rings. The molecule has 2 saturated heterocycles. The topological polar surface area (TPSA) is 69.8 Å². The van der Waals surface area contributed by atoms with E-state index >= 15 is 0 Å². The number of carbonyl (C=O) groups is 1. The van der Waals surface area contributed by atoms with Crippen LogP contribution in [0.3, 0.4) is 0 Å². The van der Waals surface area contributed by atoms with Gasteiger partial charge in [-0.2, -0.15) is 0 Å². The monoisotopic (exact) mass is 387 g/mol. The lowest BCUT2D eigenvalue weighted by molar-refractivity contribution is -0.148. The molecule has 1 atom stereocenters. The number of aromatic nitrogens is 1. The number of halogens is 1. The lowest BCUT2D eigenvalue weighted by atomic mass is 9.85. The number of oxazole rings is 1. The van der Waals surface area contributed by atoms with Gasteiger partial charge in [0.1, 0.15) is 17.1 Å². The molecule has 1 aromatic heterocycles. The summed E-state index contributed by atoms with van der Waals surface area (Å²) in [5.41, 5.74) is 1.05. The van der Waals surface area contributed by atoms with Gasteiger partial charge in [-0.1, -0.05) is 0 Å². The Bertz CT molecular complexity index is 849. The third-order valence-corrected chi connectivity index (χ3v) is 6.02. The van der Waals surface area contributed by atoms with Gasteiger partial charge < -0.3 is 14.4 Å². The zero-order chi connectivity index (χ0) is 19.7. The maximum absolute atomic E-state index is 13.2. The third kappa shape index (κ3) is 3.33. The van der Waals surface area contributed by atoms with Crippen molar-refractivity contribution in [1.29, 1.82) is 0 Å². The number of nitrogens with zero attached hydrogens (tertiary/aromatic N) is 3. The van der Waals surface area contributed by atoms with Crippen molar-refractivity contribution in [3.05, 3.63) is 41.5 Å². The number of rotatable bonds is 5. The average molecular weight is 387 g/mol. The van der Waals surface area contributed by atoms with E-state index in [1.807, 2.05) is 6.92 Å². The van der Waals surface area contributed by atoms with Gasteiger partial charge in [0.25, 0.3) is 0 Å². The van der Waals surface area contributed by atoms with Gasteiger partial charge in [0, 0.05) is 25.2 Å². The van der Waals surface area contributed by atoms with Crippen molar-refractivity contribution in [3.63, 3.8) is 0 Å². The van der Waals surface area contributed by atoms with Gasteiger partial charge in [-0.05, 0) is 63.4 Å². The van der Waals surface area contributed by atoms with Crippen LogP contribution in [0, 0.1) is 12.7 Å². The first-order chi connectivity index (χ1) is 13.5. The van der Waals surface area contributed by atoms with Crippen LogP contribution in [0.4, 0.5) is 4.39 Å². The van der Waals surface area contributed by atoms with Crippen molar-refractivity contribution < 1.29 is 18.7 Å². The summed E-state index contributed by atoms with van der Waals surface area (Å²) in [7, 11) is 0. The molecule has 28 heavy (non-hydrogen) atoms. The minimum absolute atomic E-state index is 0.00869. The molecule has 2 aromatic rings. The molecular formula is C21H26FN3O3. The largest absolute Gasteiger partial charge is 0.441 e. The Kier molecular flexibility index (Phi) is 5.21. The van der Waals surface area contributed by atoms with E-state index in [-0.39, 0.29) is 18.3 Å². The number of aryl methyl sites for hydroxylation is 1. The SMILES string of the molecule is Cc1oc(-c2ccc(F)cc2)nc1CN1CCCC12CCCN(CCO)C2=O. The zero-order valence-electron chi connectivity index (χ0n) is 16.2. The van der Waals surface area contributed by atoms with Crippen LogP contribution in [0.2, 0.25) is 0 Å². The van der Waals surface area contributed by atoms with Gasteiger partial charge in [-0.15, -0.1) is 0 Å². The van der Waals surface area contributed by atoms with Crippen LogP contribution < -0.4 is 0 Å². The fourth-order valence-corrected chi connectivity index (χ4v) is 4.56. The average Bonchev–Trinajstić information content (AvgIpc) is 3.25. The molecule has 2 aliphatic heterocycles. The van der Waals surface area contributed by atoms with Gasteiger partial charge in [-0.25, -0.2) is 9.37 Å². The molecule has 4 rings (SSSR count). The highest BCUT2D eigenvalue weighted by Crippen LogP contribution is 2.39. The van der Waals surface area contributed by atoms with E-state index in [2.05, 4.69) is 9.88 Å². The number of hydrogen-bond acceptors (Lipinski definition) is 5. The first-order valence-corrected chi connectivity index (χ1v) is 9.91. The molecule has 1 unspecified atom stereocenters. The molecular weight excluding hydrogens is 361 g/mol. The third-order valence-electron chi connectivity index (χ3n) is 6.02. The highest BCUT2D eigenvalue weighted by Gasteiger charge is 2.50. The number of amides is 1. The van der Waals surface area contributed by atoms with Crippen LogP contribution in [0.15, 0.2) is 28.7 Å². The van der Waals surface area contributed by atoms with Crippen molar-refractivity contribution in [2.45, 2.75) is 44.7 Å². The molecule has 7 heteroatoms. The Morgan fingerprint density at radius 3 is 2.64 bits per heavy atom. The number of carbonyl (C=O) groups excluding carboxylic acids is 1. The smallest absolute Gasteiger partial charge is 0.243 e. The second-order valence-corrected chi connectivity index (χ2v) is 7.70. The Hall–Kier alpha value is -2.25. The normalized spacial score (nSPS) is 23.1. The van der Waals surface area contributed by atoms with Crippen LogP contribution in [0.5, 0.6) is 0 Å². The molecule has 1 amide bonds. The van der Waals surface area contributed by atoms with Gasteiger partial charge in [0.15, 0.2) is 0 Å². The van der Waals surface area contributed by atoms with E-state index in [4.69, 9.17) is 4.42 Å². The molecule has 6 nitrogen and oxygen atoms in total. The van der Waals surface area contributed by atoms with Crippen molar-refractivity contribution in [1.82, 2.24) is 14.8 Å². The fourth-order valence-electron chi connectivity index (χ4n) is 4.56. The van der Waals surface area contributed by atoms with Crippen molar-refractivity contribution in [2.24, 2.45) is 0 Å². The summed E-state index contributed by atoms with van der Waals surface area (Å²) in [6.07, 6.45) is 3.60. The first kappa shape index (κ1) is 19.1. The Labute approximate surface area is 164 Å². The Balaban J connectivity index is 1.57. The summed E-state index contributed by atoms with van der Waals surface area (Å²) in [4.78, 5) is 21.8. The molecule has 0 bridgehead atoms. The standard InChI is InChI=1S/C21H26FN3O3/c1-15-18(23-19(28-15)16-4-6-17(22)7-5-16)14-25-11-3-9-21(25)8-2-10-24(12-13-26)20(21)27/h4-7,26H,2-3,8-14H2,1H3. The molecule has 150 valence electrons. The highest BCUT2D eigenvalue weighted by atomic mass is 19.1. The van der Waals surface area contributed by atoms with E-state index in [9.17, 15) is 14.3 Å². The predicted octanol–water partition coefficient (Wildman–Crippen LogP) is 2.74. The maximum Gasteiger partial charge on any atom is 0.243 e. The highest BCUT2D eigenvalue weighted by molar-refractivity contribution is 5.87. The second-order valence-electron chi connectivity index (χ2n) is 7.70. The summed E-state index contributed by atoms with van der Waals surface area (Å²) in [5.74, 6) is 1.02. The van der Waals surface area contributed by atoms with Crippen LogP contribution in [-0.4, -0.2) is 57.6 Å². The summed E-state index contributed by atoms with van der Waals surface area (Å²) >= 11 is 0. The lowest BCUT2D eigenvalue weighted by Crippen LogP contribution is -2.60. The number of piperidine rings is 1.